The summed E-state index contributed by atoms with van der Waals surface area (Å²) in [5, 5.41) is 7.68. The molecule has 1 atom stereocenters. The number of pyridine rings is 3. The van der Waals surface area contributed by atoms with E-state index in [1.165, 1.54) is 5.57 Å². The fourth-order valence-corrected chi connectivity index (χ4v) is 4.52. The van der Waals surface area contributed by atoms with Crippen molar-refractivity contribution in [3.05, 3.63) is 84.5 Å². The van der Waals surface area contributed by atoms with Gasteiger partial charge in [0, 0.05) is 30.7 Å². The molecule has 8 heteroatoms. The zero-order chi connectivity index (χ0) is 24.6. The third-order valence-corrected chi connectivity index (χ3v) is 6.16. The molecule has 2 N–H and O–H groups in total. The third-order valence-electron chi connectivity index (χ3n) is 6.16. The maximum Gasteiger partial charge on any atom is 0.161 e. The summed E-state index contributed by atoms with van der Waals surface area (Å²) in [6, 6.07) is 9.87. The van der Waals surface area contributed by atoms with E-state index in [2.05, 4.69) is 75.4 Å². The van der Waals surface area contributed by atoms with Crippen LogP contribution in [0.1, 0.15) is 12.6 Å². The molecule has 5 aromatic heterocycles. The molecule has 0 spiro atoms. The fourth-order valence-electron chi connectivity index (χ4n) is 4.52. The van der Waals surface area contributed by atoms with Gasteiger partial charge in [0.15, 0.2) is 11.5 Å². The lowest BCUT2D eigenvalue weighted by Crippen LogP contribution is -2.14. The Morgan fingerprint density at radius 1 is 0.972 bits per heavy atom. The smallest absolute Gasteiger partial charge is 0.161 e. The SMILES string of the molecule is C[C@H]1C=CC(CN(C)C)=CC(c2ccc3[nH]nc(-c4nc5c(-c6cccnc6)nccc5[nH]4)c3n2)=C1. The van der Waals surface area contributed by atoms with Gasteiger partial charge >= 0.3 is 0 Å². The second kappa shape index (κ2) is 8.98. The highest BCUT2D eigenvalue weighted by atomic mass is 15.2. The van der Waals surface area contributed by atoms with E-state index in [1.807, 2.05) is 30.3 Å². The molecule has 0 radical (unpaired) electrons. The first-order valence-electron chi connectivity index (χ1n) is 11.9. The minimum Gasteiger partial charge on any atom is -0.336 e. The molecule has 1 aliphatic rings. The van der Waals surface area contributed by atoms with Crippen molar-refractivity contribution in [2.24, 2.45) is 5.92 Å². The molecular formula is C28H26N8. The molecule has 178 valence electrons. The molecule has 0 aliphatic heterocycles. The van der Waals surface area contributed by atoms with E-state index in [0.29, 0.717) is 17.4 Å². The van der Waals surface area contributed by atoms with Crippen LogP contribution in [0.15, 0.2) is 78.8 Å². The van der Waals surface area contributed by atoms with Gasteiger partial charge in [0.2, 0.25) is 0 Å². The van der Waals surface area contributed by atoms with Crippen molar-refractivity contribution in [3.63, 3.8) is 0 Å². The van der Waals surface area contributed by atoms with E-state index in [-0.39, 0.29) is 0 Å². The Balaban J connectivity index is 1.45. The lowest BCUT2D eigenvalue weighted by atomic mass is 10.0. The molecule has 5 heterocycles. The standard InChI is InChI=1S/C28H26N8/c1-17-6-7-18(16-36(2)3)14-20(13-17)21-8-9-23-26(31-21)27(35-34-23)28-32-22-10-12-30-24(25(22)33-28)19-5-4-11-29-15-19/h4-15,17H,16H2,1-3H3,(H,32,33)(H,34,35)/t17-/m0/s1. The summed E-state index contributed by atoms with van der Waals surface area (Å²) in [6.45, 7) is 3.05. The van der Waals surface area contributed by atoms with Gasteiger partial charge in [0.25, 0.3) is 0 Å². The van der Waals surface area contributed by atoms with Crippen LogP contribution in [0, 0.1) is 5.92 Å². The van der Waals surface area contributed by atoms with Crippen LogP contribution in [-0.4, -0.2) is 60.7 Å². The van der Waals surface area contributed by atoms with Gasteiger partial charge in [-0.1, -0.05) is 25.2 Å². The van der Waals surface area contributed by atoms with Crippen molar-refractivity contribution in [2.75, 3.05) is 20.6 Å². The number of aromatic nitrogens is 7. The first-order valence-corrected chi connectivity index (χ1v) is 11.9. The third kappa shape index (κ3) is 4.12. The Bertz CT molecular complexity index is 1650. The number of nitrogens with one attached hydrogen (secondary N) is 2. The van der Waals surface area contributed by atoms with Crippen molar-refractivity contribution >= 4 is 27.6 Å². The Morgan fingerprint density at radius 2 is 1.86 bits per heavy atom. The highest BCUT2D eigenvalue weighted by Crippen LogP contribution is 2.31. The van der Waals surface area contributed by atoms with E-state index < -0.39 is 0 Å². The van der Waals surface area contributed by atoms with Crippen LogP contribution in [0.3, 0.4) is 0 Å². The van der Waals surface area contributed by atoms with E-state index in [0.717, 1.165) is 51.1 Å². The second-order valence-corrected chi connectivity index (χ2v) is 9.34. The molecule has 0 amide bonds. The van der Waals surface area contributed by atoms with Crippen LogP contribution in [0.4, 0.5) is 0 Å². The monoisotopic (exact) mass is 474 g/mol. The van der Waals surface area contributed by atoms with Gasteiger partial charge in [-0.2, -0.15) is 5.10 Å². The number of nitrogens with zero attached hydrogens (tertiary/aromatic N) is 6. The summed E-state index contributed by atoms with van der Waals surface area (Å²) >= 11 is 0. The van der Waals surface area contributed by atoms with Crippen LogP contribution in [0.5, 0.6) is 0 Å². The number of hydrogen-bond acceptors (Lipinski definition) is 6. The van der Waals surface area contributed by atoms with Crippen LogP contribution in [0.25, 0.3) is 50.4 Å². The maximum absolute atomic E-state index is 5.04. The van der Waals surface area contributed by atoms with Gasteiger partial charge in [-0.3, -0.25) is 15.1 Å². The first kappa shape index (κ1) is 22.1. The number of allylic oxidation sites excluding steroid dienone is 4. The molecule has 36 heavy (non-hydrogen) atoms. The molecule has 6 rings (SSSR count). The normalized spacial score (nSPS) is 15.9. The van der Waals surface area contributed by atoms with Gasteiger partial charge < -0.3 is 9.88 Å². The Morgan fingerprint density at radius 3 is 2.69 bits per heavy atom. The highest BCUT2D eigenvalue weighted by molar-refractivity contribution is 5.95. The lowest BCUT2D eigenvalue weighted by molar-refractivity contribution is 0.449. The van der Waals surface area contributed by atoms with E-state index in [1.54, 1.807) is 18.6 Å². The number of fused-ring (bicyclic) bond motifs is 2. The number of aromatic amines is 2. The van der Waals surface area contributed by atoms with Crippen molar-refractivity contribution in [3.8, 4) is 22.8 Å². The summed E-state index contributed by atoms with van der Waals surface area (Å²) in [4.78, 5) is 24.3. The largest absolute Gasteiger partial charge is 0.336 e. The average molecular weight is 475 g/mol. The Kier molecular flexibility index (Phi) is 5.50. The summed E-state index contributed by atoms with van der Waals surface area (Å²) < 4.78 is 0. The van der Waals surface area contributed by atoms with E-state index in [9.17, 15) is 0 Å². The van der Waals surface area contributed by atoms with Crippen LogP contribution < -0.4 is 0 Å². The summed E-state index contributed by atoms with van der Waals surface area (Å²) in [5.41, 5.74) is 8.92. The van der Waals surface area contributed by atoms with E-state index >= 15 is 0 Å². The molecular weight excluding hydrogens is 448 g/mol. The van der Waals surface area contributed by atoms with Gasteiger partial charge in [-0.15, -0.1) is 0 Å². The minimum atomic E-state index is 0.311. The van der Waals surface area contributed by atoms with Crippen molar-refractivity contribution in [2.45, 2.75) is 6.92 Å². The van der Waals surface area contributed by atoms with Crippen LogP contribution >= 0.6 is 0 Å². The number of imidazole rings is 1. The lowest BCUT2D eigenvalue weighted by Gasteiger charge is -2.10. The average Bonchev–Trinajstić information content (AvgIpc) is 3.45. The zero-order valence-corrected chi connectivity index (χ0v) is 20.4. The first-order chi connectivity index (χ1) is 17.5. The highest BCUT2D eigenvalue weighted by Gasteiger charge is 2.18. The molecule has 0 aromatic carbocycles. The molecule has 0 fully saturated rings. The fraction of sp³-hybridized carbons (Fsp3) is 0.179. The minimum absolute atomic E-state index is 0.311. The number of rotatable bonds is 5. The van der Waals surface area contributed by atoms with Gasteiger partial charge in [-0.05, 0) is 67.6 Å². The molecule has 8 nitrogen and oxygen atoms in total. The van der Waals surface area contributed by atoms with Gasteiger partial charge in [-0.25, -0.2) is 9.97 Å². The quantitative estimate of drug-likeness (QED) is 0.370. The van der Waals surface area contributed by atoms with Gasteiger partial charge in [0.05, 0.1) is 22.4 Å². The van der Waals surface area contributed by atoms with Gasteiger partial charge in [0.1, 0.15) is 11.0 Å². The molecule has 0 unspecified atom stereocenters. The Hall–Kier alpha value is -4.43. The van der Waals surface area contributed by atoms with Crippen molar-refractivity contribution in [1.29, 1.82) is 0 Å². The zero-order valence-electron chi connectivity index (χ0n) is 20.4. The second-order valence-electron chi connectivity index (χ2n) is 9.34. The number of H-pyrrole nitrogens is 2. The predicted molar refractivity (Wildman–Crippen MR) is 143 cm³/mol. The number of likely N-dealkylation sites (N-methyl/N-ethyl adjacent to an activating group) is 1. The van der Waals surface area contributed by atoms with Crippen molar-refractivity contribution < 1.29 is 0 Å². The molecule has 0 bridgehead atoms. The predicted octanol–water partition coefficient (Wildman–Crippen LogP) is 5.04. The molecule has 1 aliphatic carbocycles. The summed E-state index contributed by atoms with van der Waals surface area (Å²) in [7, 11) is 4.16. The maximum atomic E-state index is 5.04. The van der Waals surface area contributed by atoms with E-state index in [4.69, 9.17) is 9.97 Å². The number of hydrogen-bond donors (Lipinski definition) is 2. The topological polar surface area (TPSA) is 99.3 Å². The van der Waals surface area contributed by atoms with Crippen molar-refractivity contribution in [1.82, 2.24) is 40.0 Å². The van der Waals surface area contributed by atoms with Crippen LogP contribution in [0.2, 0.25) is 0 Å². The molecule has 0 saturated heterocycles. The summed E-state index contributed by atoms with van der Waals surface area (Å²) in [6.07, 6.45) is 14.2. The van der Waals surface area contributed by atoms with Crippen LogP contribution in [-0.2, 0) is 0 Å². The summed E-state index contributed by atoms with van der Waals surface area (Å²) in [5.74, 6) is 0.957. The molecule has 5 aromatic rings. The molecule has 0 saturated carbocycles. The Labute approximate surface area is 208 Å².